The molecule has 1 saturated heterocycles. The number of hydrogen-bond acceptors (Lipinski definition) is 2. The lowest BCUT2D eigenvalue weighted by molar-refractivity contribution is -0.596. The molecular weight excluding hydrogens is 386 g/mol. The number of rotatable bonds is 5. The van der Waals surface area contributed by atoms with E-state index < -0.39 is 6.04 Å². The number of nitrogens with one attached hydrogen (secondary N) is 2. The Balaban J connectivity index is 1.67. The molecule has 0 aliphatic carbocycles. The maximum Gasteiger partial charge on any atom is 0.304 e. The molecule has 0 radical (unpaired) electrons. The van der Waals surface area contributed by atoms with Gasteiger partial charge in [-0.2, -0.15) is 0 Å². The van der Waals surface area contributed by atoms with Gasteiger partial charge in [-0.05, 0) is 35.7 Å². The molecule has 0 unspecified atom stereocenters. The van der Waals surface area contributed by atoms with Crippen LogP contribution in [0, 0.1) is 0 Å². The maximum atomic E-state index is 12.9. The molecule has 1 aliphatic heterocycles. The van der Waals surface area contributed by atoms with Crippen LogP contribution >= 0.6 is 0 Å². The summed E-state index contributed by atoms with van der Waals surface area (Å²) in [5.41, 5.74) is 6.61. The molecule has 31 heavy (non-hydrogen) atoms. The second kappa shape index (κ2) is 8.96. The van der Waals surface area contributed by atoms with Crippen LogP contribution in [0.25, 0.3) is 0 Å². The summed E-state index contributed by atoms with van der Waals surface area (Å²) in [6.07, 6.45) is 1.91. The first-order valence-corrected chi connectivity index (χ1v) is 10.5. The fourth-order valence-electron chi connectivity index (χ4n) is 3.77. The Labute approximate surface area is 182 Å². The summed E-state index contributed by atoms with van der Waals surface area (Å²) in [6.45, 7) is 4.32. The molecule has 3 aromatic carbocycles. The highest BCUT2D eigenvalue weighted by Gasteiger charge is 2.47. The van der Waals surface area contributed by atoms with Crippen LogP contribution in [-0.2, 0) is 4.79 Å². The van der Waals surface area contributed by atoms with Crippen molar-refractivity contribution in [3.05, 3.63) is 107 Å². The van der Waals surface area contributed by atoms with Gasteiger partial charge in [0.25, 0.3) is 5.91 Å². The molecule has 2 N–H and O–H groups in total. The quantitative estimate of drug-likeness (QED) is 0.626. The molecular formula is C26H26N3O2+. The Kier molecular flexibility index (Phi) is 5.94. The molecule has 0 bridgehead atoms. The van der Waals surface area contributed by atoms with Gasteiger partial charge in [0.2, 0.25) is 12.3 Å². The molecule has 1 fully saturated rings. The number of benzene rings is 3. The molecule has 1 aliphatic rings. The number of carbonyl (C=O) groups excluding carboxylic acids is 2. The van der Waals surface area contributed by atoms with Crippen LogP contribution in [0.2, 0.25) is 0 Å². The first kappa shape index (κ1) is 20.5. The Bertz CT molecular complexity index is 1090. The van der Waals surface area contributed by atoms with Crippen LogP contribution < -0.4 is 10.7 Å². The fourth-order valence-corrected chi connectivity index (χ4v) is 3.77. The molecule has 5 heteroatoms. The average Bonchev–Trinajstić information content (AvgIpc) is 3.09. The van der Waals surface area contributed by atoms with Crippen molar-refractivity contribution in [3.8, 4) is 0 Å². The van der Waals surface area contributed by atoms with Crippen molar-refractivity contribution in [1.29, 1.82) is 0 Å². The van der Waals surface area contributed by atoms with Gasteiger partial charge in [-0.3, -0.25) is 9.59 Å². The monoisotopic (exact) mass is 412 g/mol. The Morgan fingerprint density at radius 1 is 0.935 bits per heavy atom. The summed E-state index contributed by atoms with van der Waals surface area (Å²) in [7, 11) is 0. The number of amides is 2. The second-order valence-electron chi connectivity index (χ2n) is 8.01. The summed E-state index contributed by atoms with van der Waals surface area (Å²) < 4.78 is 1.79. The second-order valence-corrected chi connectivity index (χ2v) is 8.01. The van der Waals surface area contributed by atoms with Crippen LogP contribution in [0.5, 0.6) is 0 Å². The zero-order chi connectivity index (χ0) is 21.8. The SMILES string of the molecule is CC(C)c1ccc(/C=[N+]2\NC(=O)[C@@H](NC(=O)c3ccccc3)[C@@H]2c2ccccc2)cc1. The van der Waals surface area contributed by atoms with Gasteiger partial charge in [0.15, 0.2) is 6.04 Å². The Morgan fingerprint density at radius 2 is 1.55 bits per heavy atom. The van der Waals surface area contributed by atoms with Crippen molar-refractivity contribution in [1.82, 2.24) is 10.7 Å². The predicted molar refractivity (Wildman–Crippen MR) is 121 cm³/mol. The van der Waals surface area contributed by atoms with Crippen LogP contribution in [-0.4, -0.2) is 28.8 Å². The molecule has 2 atom stereocenters. The van der Waals surface area contributed by atoms with Gasteiger partial charge in [-0.1, -0.05) is 74.5 Å². The normalized spacial score (nSPS) is 19.5. The minimum atomic E-state index is -0.721. The van der Waals surface area contributed by atoms with Crippen molar-refractivity contribution >= 4 is 18.0 Å². The van der Waals surface area contributed by atoms with Gasteiger partial charge < -0.3 is 5.32 Å². The summed E-state index contributed by atoms with van der Waals surface area (Å²) in [5, 5.41) is 2.92. The first-order chi connectivity index (χ1) is 15.0. The number of hydrogen-bond donors (Lipinski definition) is 2. The van der Waals surface area contributed by atoms with Gasteiger partial charge in [-0.25, -0.2) is 0 Å². The van der Waals surface area contributed by atoms with E-state index in [1.807, 2.05) is 54.7 Å². The Hall–Kier alpha value is -3.73. The third kappa shape index (κ3) is 4.56. The van der Waals surface area contributed by atoms with Gasteiger partial charge >= 0.3 is 5.91 Å². The van der Waals surface area contributed by atoms with Crippen LogP contribution in [0.4, 0.5) is 0 Å². The average molecular weight is 413 g/mol. The van der Waals surface area contributed by atoms with E-state index in [4.69, 9.17) is 0 Å². The van der Waals surface area contributed by atoms with Crippen LogP contribution in [0.3, 0.4) is 0 Å². The van der Waals surface area contributed by atoms with Crippen molar-refractivity contribution in [2.24, 2.45) is 0 Å². The van der Waals surface area contributed by atoms with Crippen molar-refractivity contribution < 1.29 is 14.3 Å². The standard InChI is InChI=1S/C26H25N3O2/c1-18(2)20-15-13-19(14-16-20)17-29-24(21-9-5-3-6-10-21)23(26(31)28-29)27-25(30)22-11-7-4-8-12-22/h3-18,23-24H,1-2H3,(H-,27,28,30,31)/p+1/b29-17-/t23-,24-/m0/s1. The summed E-state index contributed by atoms with van der Waals surface area (Å²) in [6, 6.07) is 25.9. The van der Waals surface area contributed by atoms with E-state index in [1.165, 1.54) is 5.56 Å². The van der Waals surface area contributed by atoms with Gasteiger partial charge in [-0.15, -0.1) is 10.1 Å². The van der Waals surface area contributed by atoms with Crippen molar-refractivity contribution in [3.63, 3.8) is 0 Å². The van der Waals surface area contributed by atoms with E-state index in [0.717, 1.165) is 11.1 Å². The van der Waals surface area contributed by atoms with E-state index in [-0.39, 0.29) is 17.9 Å². The van der Waals surface area contributed by atoms with Crippen molar-refractivity contribution in [2.45, 2.75) is 31.8 Å². The zero-order valence-corrected chi connectivity index (χ0v) is 17.7. The number of carbonyl (C=O) groups is 2. The van der Waals surface area contributed by atoms with E-state index >= 15 is 0 Å². The van der Waals surface area contributed by atoms with Crippen LogP contribution in [0.15, 0.2) is 84.9 Å². The first-order valence-electron chi connectivity index (χ1n) is 10.5. The topological polar surface area (TPSA) is 61.2 Å². The summed E-state index contributed by atoms with van der Waals surface area (Å²) in [4.78, 5) is 25.7. The number of hydrazone groups is 1. The zero-order valence-electron chi connectivity index (χ0n) is 17.7. The highest BCUT2D eigenvalue weighted by molar-refractivity contribution is 5.98. The maximum absolute atomic E-state index is 12.9. The molecule has 4 rings (SSSR count). The molecule has 3 aromatic rings. The molecule has 156 valence electrons. The molecule has 0 saturated carbocycles. The minimum absolute atomic E-state index is 0.242. The smallest absolute Gasteiger partial charge is 0.304 e. The number of hydrazine groups is 1. The molecule has 0 aromatic heterocycles. The largest absolute Gasteiger partial charge is 0.334 e. The molecule has 5 nitrogen and oxygen atoms in total. The highest BCUT2D eigenvalue weighted by atomic mass is 16.2. The lowest BCUT2D eigenvalue weighted by Gasteiger charge is -2.14. The number of nitrogens with zero attached hydrogens (tertiary/aromatic N) is 1. The van der Waals surface area contributed by atoms with Crippen LogP contribution in [0.1, 0.15) is 52.9 Å². The predicted octanol–water partition coefficient (Wildman–Crippen LogP) is 3.83. The molecule has 1 heterocycles. The van der Waals surface area contributed by atoms with Gasteiger partial charge in [0.05, 0.1) is 0 Å². The van der Waals surface area contributed by atoms with E-state index in [2.05, 4.69) is 36.7 Å². The fraction of sp³-hybridized carbons (Fsp3) is 0.192. The third-order valence-corrected chi connectivity index (χ3v) is 5.49. The lowest BCUT2D eigenvalue weighted by atomic mass is 9.99. The lowest BCUT2D eigenvalue weighted by Crippen LogP contribution is -2.42. The highest BCUT2D eigenvalue weighted by Crippen LogP contribution is 2.25. The summed E-state index contributed by atoms with van der Waals surface area (Å²) >= 11 is 0. The summed E-state index contributed by atoms with van der Waals surface area (Å²) in [5.74, 6) is -0.0619. The third-order valence-electron chi connectivity index (χ3n) is 5.49. The molecule has 0 spiro atoms. The Morgan fingerprint density at radius 3 is 2.16 bits per heavy atom. The molecule has 2 amide bonds. The minimum Gasteiger partial charge on any atom is -0.334 e. The van der Waals surface area contributed by atoms with Gasteiger partial charge in [0, 0.05) is 16.7 Å². The van der Waals surface area contributed by atoms with E-state index in [0.29, 0.717) is 11.5 Å². The van der Waals surface area contributed by atoms with E-state index in [9.17, 15) is 9.59 Å². The van der Waals surface area contributed by atoms with Gasteiger partial charge in [0.1, 0.15) is 0 Å². The van der Waals surface area contributed by atoms with E-state index in [1.54, 1.807) is 28.9 Å². The van der Waals surface area contributed by atoms with Crippen molar-refractivity contribution in [2.75, 3.05) is 0 Å².